The Morgan fingerprint density at radius 1 is 1.32 bits per heavy atom. The molecule has 0 fully saturated rings. The lowest BCUT2D eigenvalue weighted by Gasteiger charge is -2.14. The van der Waals surface area contributed by atoms with Gasteiger partial charge in [0.2, 0.25) is 0 Å². The van der Waals surface area contributed by atoms with Gasteiger partial charge in [0.15, 0.2) is 0 Å². The Morgan fingerprint density at radius 2 is 2.12 bits per heavy atom. The Kier molecular flexibility index (Phi) is 4.85. The van der Waals surface area contributed by atoms with Gasteiger partial charge in [-0.2, -0.15) is 5.10 Å². The van der Waals surface area contributed by atoms with Gasteiger partial charge in [-0.25, -0.2) is 14.1 Å². The molecule has 1 atom stereocenters. The number of amides is 1. The fourth-order valence-corrected chi connectivity index (χ4v) is 2.53. The van der Waals surface area contributed by atoms with Crippen LogP contribution in [-0.2, 0) is 0 Å². The standard InChI is InChI=1S/C18H17FN4O2/c1-12-8-13(23-11-20-10-22-23)6-7-14(12)18(25)21-9-17(24)15-4-2-3-5-16(15)19/h2-8,10-11,17,24H,9H2,1H3,(H,21,25). The van der Waals surface area contributed by atoms with Gasteiger partial charge in [0.25, 0.3) is 5.91 Å². The molecular weight excluding hydrogens is 323 g/mol. The highest BCUT2D eigenvalue weighted by Gasteiger charge is 2.15. The van der Waals surface area contributed by atoms with Crippen LogP contribution in [0.3, 0.4) is 0 Å². The number of carbonyl (C=O) groups excluding carboxylic acids is 1. The molecule has 2 aromatic carbocycles. The second-order valence-electron chi connectivity index (χ2n) is 5.59. The summed E-state index contributed by atoms with van der Waals surface area (Å²) in [6.07, 6.45) is 1.89. The number of nitrogens with one attached hydrogen (secondary N) is 1. The van der Waals surface area contributed by atoms with Crippen molar-refractivity contribution in [3.8, 4) is 5.69 Å². The Labute approximate surface area is 144 Å². The average Bonchev–Trinajstić information content (AvgIpc) is 3.14. The molecule has 0 saturated carbocycles. The normalized spacial score (nSPS) is 12.0. The number of hydrogen-bond donors (Lipinski definition) is 2. The molecule has 128 valence electrons. The van der Waals surface area contributed by atoms with Gasteiger partial charge in [-0.05, 0) is 36.8 Å². The van der Waals surface area contributed by atoms with Gasteiger partial charge in [-0.1, -0.05) is 18.2 Å². The number of aromatic nitrogens is 3. The highest BCUT2D eigenvalue weighted by Crippen LogP contribution is 2.17. The van der Waals surface area contributed by atoms with Crippen molar-refractivity contribution >= 4 is 5.91 Å². The quantitative estimate of drug-likeness (QED) is 0.746. The third-order valence-electron chi connectivity index (χ3n) is 3.86. The van der Waals surface area contributed by atoms with Crippen molar-refractivity contribution in [2.75, 3.05) is 6.54 Å². The summed E-state index contributed by atoms with van der Waals surface area (Å²) in [5, 5.41) is 16.7. The average molecular weight is 340 g/mol. The number of aliphatic hydroxyl groups excluding tert-OH is 1. The Bertz CT molecular complexity index is 881. The number of hydrogen-bond acceptors (Lipinski definition) is 4. The van der Waals surface area contributed by atoms with Crippen LogP contribution >= 0.6 is 0 Å². The third kappa shape index (κ3) is 3.72. The summed E-state index contributed by atoms with van der Waals surface area (Å²) in [7, 11) is 0. The van der Waals surface area contributed by atoms with Crippen LogP contribution in [0.15, 0.2) is 55.1 Å². The molecule has 6 nitrogen and oxygen atoms in total. The zero-order valence-electron chi connectivity index (χ0n) is 13.6. The van der Waals surface area contributed by atoms with Crippen LogP contribution in [0.2, 0.25) is 0 Å². The summed E-state index contributed by atoms with van der Waals surface area (Å²) in [6, 6.07) is 11.2. The lowest BCUT2D eigenvalue weighted by atomic mass is 10.1. The Morgan fingerprint density at radius 3 is 2.80 bits per heavy atom. The maximum Gasteiger partial charge on any atom is 0.251 e. The fraction of sp³-hybridized carbons (Fsp3) is 0.167. The van der Waals surface area contributed by atoms with E-state index in [1.54, 1.807) is 35.3 Å². The second kappa shape index (κ2) is 7.23. The van der Waals surface area contributed by atoms with E-state index in [0.717, 1.165) is 11.3 Å². The number of rotatable bonds is 5. The number of benzene rings is 2. The van der Waals surface area contributed by atoms with E-state index in [4.69, 9.17) is 0 Å². The van der Waals surface area contributed by atoms with E-state index in [1.165, 1.54) is 18.5 Å². The molecule has 25 heavy (non-hydrogen) atoms. The van der Waals surface area contributed by atoms with Crippen molar-refractivity contribution in [3.05, 3.63) is 77.6 Å². The molecule has 0 aliphatic heterocycles. The maximum atomic E-state index is 13.6. The van der Waals surface area contributed by atoms with Gasteiger partial charge in [-0.15, -0.1) is 0 Å². The molecule has 1 amide bonds. The lowest BCUT2D eigenvalue weighted by Crippen LogP contribution is -2.29. The predicted molar refractivity (Wildman–Crippen MR) is 89.8 cm³/mol. The SMILES string of the molecule is Cc1cc(-n2cncn2)ccc1C(=O)NCC(O)c1ccccc1F. The summed E-state index contributed by atoms with van der Waals surface area (Å²) in [5.74, 6) is -0.837. The fourth-order valence-electron chi connectivity index (χ4n) is 2.53. The minimum Gasteiger partial charge on any atom is -0.386 e. The minimum atomic E-state index is -1.11. The van der Waals surface area contributed by atoms with Crippen molar-refractivity contribution in [1.29, 1.82) is 0 Å². The predicted octanol–water partition coefficient (Wildman–Crippen LogP) is 2.18. The highest BCUT2D eigenvalue weighted by atomic mass is 19.1. The second-order valence-corrected chi connectivity index (χ2v) is 5.59. The zero-order chi connectivity index (χ0) is 17.8. The van der Waals surface area contributed by atoms with Crippen molar-refractivity contribution < 1.29 is 14.3 Å². The van der Waals surface area contributed by atoms with Crippen molar-refractivity contribution in [3.63, 3.8) is 0 Å². The summed E-state index contributed by atoms with van der Waals surface area (Å²) < 4.78 is 15.2. The molecule has 0 saturated heterocycles. The van der Waals surface area contributed by atoms with Crippen LogP contribution in [0.4, 0.5) is 4.39 Å². The number of aliphatic hydroxyl groups is 1. The number of aryl methyl sites for hydroxylation is 1. The lowest BCUT2D eigenvalue weighted by molar-refractivity contribution is 0.0913. The van der Waals surface area contributed by atoms with E-state index < -0.39 is 11.9 Å². The van der Waals surface area contributed by atoms with E-state index in [2.05, 4.69) is 15.4 Å². The van der Waals surface area contributed by atoms with Crippen molar-refractivity contribution in [1.82, 2.24) is 20.1 Å². The molecule has 3 rings (SSSR count). The summed E-state index contributed by atoms with van der Waals surface area (Å²) in [5.41, 5.74) is 2.18. The van der Waals surface area contributed by atoms with Crippen LogP contribution in [0.25, 0.3) is 5.69 Å². The first-order valence-electron chi connectivity index (χ1n) is 7.72. The monoisotopic (exact) mass is 340 g/mol. The molecule has 0 bridgehead atoms. The minimum absolute atomic E-state index is 0.0793. The molecule has 0 aliphatic carbocycles. The smallest absolute Gasteiger partial charge is 0.251 e. The van der Waals surface area contributed by atoms with Crippen molar-refractivity contribution in [2.45, 2.75) is 13.0 Å². The summed E-state index contributed by atoms with van der Waals surface area (Å²) in [6.45, 7) is 1.73. The van der Waals surface area contributed by atoms with Gasteiger partial charge in [-0.3, -0.25) is 4.79 Å². The summed E-state index contributed by atoms with van der Waals surface area (Å²) >= 11 is 0. The topological polar surface area (TPSA) is 80.0 Å². The first kappa shape index (κ1) is 16.8. The number of carbonyl (C=O) groups is 1. The maximum absolute atomic E-state index is 13.6. The van der Waals surface area contributed by atoms with E-state index in [9.17, 15) is 14.3 Å². The largest absolute Gasteiger partial charge is 0.386 e. The molecule has 3 aromatic rings. The molecular formula is C18H17FN4O2. The van der Waals surface area contributed by atoms with Crippen LogP contribution in [0, 0.1) is 12.7 Å². The van der Waals surface area contributed by atoms with E-state index in [-0.39, 0.29) is 18.0 Å². The van der Waals surface area contributed by atoms with Gasteiger partial charge in [0.1, 0.15) is 18.5 Å². The molecule has 7 heteroatoms. The van der Waals surface area contributed by atoms with Crippen LogP contribution in [0.1, 0.15) is 27.6 Å². The molecule has 0 aliphatic rings. The molecule has 0 radical (unpaired) electrons. The van der Waals surface area contributed by atoms with E-state index >= 15 is 0 Å². The number of halogens is 1. The Balaban J connectivity index is 1.68. The van der Waals surface area contributed by atoms with Crippen LogP contribution in [-0.4, -0.2) is 32.3 Å². The van der Waals surface area contributed by atoms with Crippen molar-refractivity contribution in [2.24, 2.45) is 0 Å². The Hall–Kier alpha value is -3.06. The van der Waals surface area contributed by atoms with E-state index in [0.29, 0.717) is 5.56 Å². The summed E-state index contributed by atoms with van der Waals surface area (Å²) in [4.78, 5) is 16.2. The molecule has 1 aromatic heterocycles. The first-order valence-corrected chi connectivity index (χ1v) is 7.72. The van der Waals surface area contributed by atoms with Gasteiger partial charge < -0.3 is 10.4 Å². The van der Waals surface area contributed by atoms with Crippen LogP contribution in [0.5, 0.6) is 0 Å². The molecule has 0 spiro atoms. The van der Waals surface area contributed by atoms with E-state index in [1.807, 2.05) is 13.0 Å². The molecule has 1 heterocycles. The number of nitrogens with zero attached hydrogens (tertiary/aromatic N) is 3. The third-order valence-corrected chi connectivity index (χ3v) is 3.86. The highest BCUT2D eigenvalue weighted by molar-refractivity contribution is 5.95. The zero-order valence-corrected chi connectivity index (χ0v) is 13.6. The van der Waals surface area contributed by atoms with Crippen LogP contribution < -0.4 is 5.32 Å². The molecule has 1 unspecified atom stereocenters. The van der Waals surface area contributed by atoms with Gasteiger partial charge >= 0.3 is 0 Å². The molecule has 2 N–H and O–H groups in total. The van der Waals surface area contributed by atoms with Gasteiger partial charge in [0.05, 0.1) is 11.8 Å². The first-order chi connectivity index (χ1) is 12.1. The van der Waals surface area contributed by atoms with Gasteiger partial charge in [0, 0.05) is 17.7 Å².